The van der Waals surface area contributed by atoms with Gasteiger partial charge in [-0.15, -0.1) is 0 Å². The first kappa shape index (κ1) is 16.8. The Labute approximate surface area is 133 Å². The summed E-state index contributed by atoms with van der Waals surface area (Å²) in [5.74, 6) is 0.742. The van der Waals surface area contributed by atoms with E-state index in [2.05, 4.69) is 0 Å². The van der Waals surface area contributed by atoms with Crippen LogP contribution in [0.4, 0.5) is 0 Å². The molecule has 2 rings (SSSR count). The highest BCUT2D eigenvalue weighted by Crippen LogP contribution is 2.23. The Hall–Kier alpha value is -1.58. The zero-order valence-corrected chi connectivity index (χ0v) is 13.3. The summed E-state index contributed by atoms with van der Waals surface area (Å²) in [7, 11) is 0. The third kappa shape index (κ3) is 5.66. The summed E-state index contributed by atoms with van der Waals surface area (Å²) in [6, 6.07) is 8.93. The molecule has 0 bridgehead atoms. The van der Waals surface area contributed by atoms with E-state index in [0.29, 0.717) is 6.42 Å². The van der Waals surface area contributed by atoms with Crippen molar-refractivity contribution in [2.75, 3.05) is 0 Å². The molecule has 2 atom stereocenters. The van der Waals surface area contributed by atoms with Gasteiger partial charge >= 0.3 is 0 Å². The Morgan fingerprint density at radius 1 is 0.864 bits per heavy atom. The monoisotopic (exact) mass is 305 g/mol. The van der Waals surface area contributed by atoms with Crippen molar-refractivity contribution in [3.8, 4) is 5.75 Å². The Bertz CT molecular complexity index is 435. The molecule has 1 aliphatic carbocycles. The van der Waals surface area contributed by atoms with Crippen LogP contribution in [-0.2, 0) is 0 Å². The predicted octanol–water partition coefficient (Wildman–Crippen LogP) is 4.99. The quantitative estimate of drug-likeness (QED) is 0.583. The number of nitrogens with zero attached hydrogens (tertiary/aromatic N) is 1. The van der Waals surface area contributed by atoms with E-state index in [1.807, 2.05) is 30.3 Å². The molecular weight excluding hydrogens is 278 g/mol. The van der Waals surface area contributed by atoms with Gasteiger partial charge < -0.3 is 4.74 Å². The van der Waals surface area contributed by atoms with Gasteiger partial charge in [0.2, 0.25) is 6.04 Å². The molecule has 1 saturated carbocycles. The van der Waals surface area contributed by atoms with Crippen molar-refractivity contribution in [2.45, 2.75) is 76.4 Å². The van der Waals surface area contributed by atoms with Gasteiger partial charge in [-0.05, 0) is 31.4 Å². The second-order valence-corrected chi connectivity index (χ2v) is 6.23. The highest BCUT2D eigenvalue weighted by atomic mass is 16.6. The van der Waals surface area contributed by atoms with Gasteiger partial charge in [-0.3, -0.25) is 10.1 Å². The zero-order chi connectivity index (χ0) is 15.6. The molecule has 4 heteroatoms. The fraction of sp³-hybridized carbons (Fsp3) is 0.667. The maximum absolute atomic E-state index is 11.5. The fourth-order valence-corrected chi connectivity index (χ4v) is 3.19. The minimum absolute atomic E-state index is 0.126. The average molecular weight is 305 g/mol. The summed E-state index contributed by atoms with van der Waals surface area (Å²) in [6.45, 7) is 0. The predicted molar refractivity (Wildman–Crippen MR) is 87.8 cm³/mol. The topological polar surface area (TPSA) is 52.4 Å². The molecule has 1 aromatic rings. The Kier molecular flexibility index (Phi) is 7.20. The number of rotatable bonds is 3. The molecule has 0 N–H and O–H groups in total. The molecule has 22 heavy (non-hydrogen) atoms. The molecule has 0 radical (unpaired) electrons. The lowest BCUT2D eigenvalue weighted by Gasteiger charge is -2.23. The van der Waals surface area contributed by atoms with Crippen LogP contribution in [0.2, 0.25) is 0 Å². The fourth-order valence-electron chi connectivity index (χ4n) is 3.19. The van der Waals surface area contributed by atoms with Crippen LogP contribution in [-0.4, -0.2) is 17.1 Å². The van der Waals surface area contributed by atoms with Crippen LogP contribution in [0.1, 0.15) is 64.2 Å². The molecule has 0 amide bonds. The van der Waals surface area contributed by atoms with Crippen LogP contribution < -0.4 is 4.74 Å². The maximum atomic E-state index is 11.5. The second-order valence-electron chi connectivity index (χ2n) is 6.23. The van der Waals surface area contributed by atoms with Crippen molar-refractivity contribution in [1.29, 1.82) is 0 Å². The smallest absolute Gasteiger partial charge is 0.249 e. The lowest BCUT2D eigenvalue weighted by molar-refractivity contribution is -0.534. The summed E-state index contributed by atoms with van der Waals surface area (Å²) >= 11 is 0. The number of ether oxygens (including phenoxy) is 1. The summed E-state index contributed by atoms with van der Waals surface area (Å²) in [4.78, 5) is 11.4. The Morgan fingerprint density at radius 3 is 2.00 bits per heavy atom. The molecule has 122 valence electrons. The lowest BCUT2D eigenvalue weighted by Crippen LogP contribution is -2.38. The highest BCUT2D eigenvalue weighted by Gasteiger charge is 2.32. The zero-order valence-electron chi connectivity index (χ0n) is 13.3. The molecule has 1 aliphatic rings. The summed E-state index contributed by atoms with van der Waals surface area (Å²) in [5, 5.41) is 11.5. The maximum Gasteiger partial charge on any atom is 0.249 e. The van der Waals surface area contributed by atoms with Gasteiger partial charge in [-0.2, -0.15) is 0 Å². The number of benzene rings is 1. The standard InChI is InChI=1S/C18H27NO3/c20-19(21)17-14-10-5-3-1-2-4-6-11-15-18(17)22-16-12-8-7-9-13-16/h7-9,12-13,17-18H,1-6,10-11,14-15H2. The van der Waals surface area contributed by atoms with Gasteiger partial charge in [-0.25, -0.2) is 0 Å². The molecule has 0 aromatic heterocycles. The van der Waals surface area contributed by atoms with Crippen LogP contribution in [0.15, 0.2) is 30.3 Å². The third-order valence-corrected chi connectivity index (χ3v) is 4.47. The molecule has 2 unspecified atom stereocenters. The largest absolute Gasteiger partial charge is 0.483 e. The average Bonchev–Trinajstić information content (AvgIpc) is 2.50. The Morgan fingerprint density at radius 2 is 1.41 bits per heavy atom. The van der Waals surface area contributed by atoms with Crippen LogP contribution >= 0.6 is 0 Å². The van der Waals surface area contributed by atoms with Crippen LogP contribution in [0, 0.1) is 10.1 Å². The van der Waals surface area contributed by atoms with Crippen molar-refractivity contribution < 1.29 is 9.66 Å². The summed E-state index contributed by atoms with van der Waals surface area (Å²) in [6.07, 6.45) is 10.3. The molecule has 0 heterocycles. The summed E-state index contributed by atoms with van der Waals surface area (Å²) < 4.78 is 5.99. The molecule has 1 aromatic carbocycles. The third-order valence-electron chi connectivity index (χ3n) is 4.47. The van der Waals surface area contributed by atoms with E-state index in [1.54, 1.807) is 0 Å². The van der Waals surface area contributed by atoms with Crippen molar-refractivity contribution >= 4 is 0 Å². The first-order valence-electron chi connectivity index (χ1n) is 8.62. The SMILES string of the molecule is O=[N+]([O-])C1CCCCCCCCCCC1Oc1ccccc1. The van der Waals surface area contributed by atoms with Gasteiger partial charge in [0.25, 0.3) is 0 Å². The first-order chi connectivity index (χ1) is 10.8. The lowest BCUT2D eigenvalue weighted by atomic mass is 9.96. The van der Waals surface area contributed by atoms with Gasteiger partial charge in [0.15, 0.2) is 6.10 Å². The van der Waals surface area contributed by atoms with Crippen molar-refractivity contribution in [1.82, 2.24) is 0 Å². The molecule has 1 fully saturated rings. The van der Waals surface area contributed by atoms with E-state index in [1.165, 1.54) is 25.7 Å². The molecule has 0 spiro atoms. The minimum atomic E-state index is -0.584. The van der Waals surface area contributed by atoms with Gasteiger partial charge in [0, 0.05) is 11.3 Å². The van der Waals surface area contributed by atoms with Gasteiger partial charge in [0.1, 0.15) is 5.75 Å². The van der Waals surface area contributed by atoms with Crippen molar-refractivity contribution in [3.05, 3.63) is 40.4 Å². The Balaban J connectivity index is 2.04. The van der Waals surface area contributed by atoms with Gasteiger partial charge in [-0.1, -0.05) is 56.7 Å². The van der Waals surface area contributed by atoms with Crippen molar-refractivity contribution in [2.24, 2.45) is 0 Å². The van der Waals surface area contributed by atoms with Crippen LogP contribution in [0.3, 0.4) is 0 Å². The van der Waals surface area contributed by atoms with E-state index in [-0.39, 0.29) is 11.0 Å². The number of para-hydroxylation sites is 1. The van der Waals surface area contributed by atoms with Crippen molar-refractivity contribution in [3.63, 3.8) is 0 Å². The van der Waals surface area contributed by atoms with Crippen LogP contribution in [0.25, 0.3) is 0 Å². The van der Waals surface area contributed by atoms with E-state index in [9.17, 15) is 10.1 Å². The van der Waals surface area contributed by atoms with E-state index >= 15 is 0 Å². The number of hydrogen-bond acceptors (Lipinski definition) is 3. The normalized spacial score (nSPS) is 24.7. The van der Waals surface area contributed by atoms with Gasteiger partial charge in [0.05, 0.1) is 0 Å². The molecule has 4 nitrogen and oxygen atoms in total. The van der Waals surface area contributed by atoms with E-state index in [0.717, 1.165) is 37.9 Å². The number of hydrogen-bond donors (Lipinski definition) is 0. The highest BCUT2D eigenvalue weighted by molar-refractivity contribution is 5.21. The molecule has 0 aliphatic heterocycles. The summed E-state index contributed by atoms with van der Waals surface area (Å²) in [5.41, 5.74) is 0. The molecular formula is C18H27NO3. The van der Waals surface area contributed by atoms with E-state index in [4.69, 9.17) is 4.74 Å². The molecule has 0 saturated heterocycles. The van der Waals surface area contributed by atoms with E-state index < -0.39 is 6.04 Å². The van der Waals surface area contributed by atoms with Crippen LogP contribution in [0.5, 0.6) is 5.75 Å². The minimum Gasteiger partial charge on any atom is -0.483 e. The number of nitro groups is 1. The second kappa shape index (κ2) is 9.44. The first-order valence-corrected chi connectivity index (χ1v) is 8.62.